The minimum absolute atomic E-state index is 0.0995. The molecule has 0 aliphatic rings. The third kappa shape index (κ3) is 6.15. The molecule has 0 saturated heterocycles. The summed E-state index contributed by atoms with van der Waals surface area (Å²) in [6.45, 7) is 8.47. The van der Waals surface area contributed by atoms with Crippen LogP contribution in [0.1, 0.15) is 50.2 Å². The van der Waals surface area contributed by atoms with Crippen molar-refractivity contribution in [1.82, 2.24) is 14.7 Å². The van der Waals surface area contributed by atoms with Gasteiger partial charge in [-0.25, -0.2) is 4.68 Å². The molecule has 3 rings (SSSR count). The number of carbonyl (C=O) groups is 2. The molecule has 3 aromatic rings. The van der Waals surface area contributed by atoms with E-state index < -0.39 is 0 Å². The Kier molecular flexibility index (Phi) is 7.82. The summed E-state index contributed by atoms with van der Waals surface area (Å²) in [5.41, 5.74) is 1.87. The van der Waals surface area contributed by atoms with Crippen LogP contribution in [0.2, 0.25) is 10.0 Å². The van der Waals surface area contributed by atoms with Gasteiger partial charge in [0.1, 0.15) is 12.4 Å². The van der Waals surface area contributed by atoms with Gasteiger partial charge in [-0.1, -0.05) is 69.1 Å². The van der Waals surface area contributed by atoms with Gasteiger partial charge in [0, 0.05) is 23.6 Å². The first-order chi connectivity index (χ1) is 15.6. The molecule has 33 heavy (non-hydrogen) atoms. The maximum Gasteiger partial charge on any atom is 0.254 e. The highest BCUT2D eigenvalue weighted by atomic mass is 35.5. The fourth-order valence-electron chi connectivity index (χ4n) is 3.29. The Morgan fingerprint density at radius 1 is 1.03 bits per heavy atom. The fraction of sp³-hybridized carbons (Fsp3) is 0.320. The second kappa shape index (κ2) is 10.4. The molecule has 0 radical (unpaired) electrons. The van der Waals surface area contributed by atoms with Crippen molar-refractivity contribution in [1.29, 1.82) is 0 Å². The van der Waals surface area contributed by atoms with Gasteiger partial charge in [-0.15, -0.1) is 0 Å². The first-order valence-electron chi connectivity index (χ1n) is 10.8. The highest BCUT2D eigenvalue weighted by Crippen LogP contribution is 2.27. The molecule has 0 saturated carbocycles. The topological polar surface area (TPSA) is 67.2 Å². The van der Waals surface area contributed by atoms with Gasteiger partial charge in [0.2, 0.25) is 5.91 Å². The van der Waals surface area contributed by atoms with Crippen molar-refractivity contribution in [2.24, 2.45) is 0 Å². The van der Waals surface area contributed by atoms with Crippen LogP contribution < -0.4 is 5.32 Å². The minimum atomic E-state index is -0.311. The van der Waals surface area contributed by atoms with E-state index in [0.717, 1.165) is 11.4 Å². The predicted molar refractivity (Wildman–Crippen MR) is 134 cm³/mol. The van der Waals surface area contributed by atoms with E-state index >= 15 is 0 Å². The highest BCUT2D eigenvalue weighted by molar-refractivity contribution is 6.42. The third-order valence-electron chi connectivity index (χ3n) is 5.03. The quantitative estimate of drug-likeness (QED) is 0.447. The molecule has 0 unspecified atom stereocenters. The molecule has 6 nitrogen and oxygen atoms in total. The van der Waals surface area contributed by atoms with Crippen molar-refractivity contribution >= 4 is 40.8 Å². The Bertz CT molecular complexity index is 1140. The molecule has 0 spiro atoms. The molecule has 1 aromatic heterocycles. The van der Waals surface area contributed by atoms with Crippen molar-refractivity contribution in [3.05, 3.63) is 75.9 Å². The van der Waals surface area contributed by atoms with E-state index in [1.54, 1.807) is 16.8 Å². The molecule has 174 valence electrons. The average Bonchev–Trinajstić information content (AvgIpc) is 3.19. The van der Waals surface area contributed by atoms with Gasteiger partial charge in [0.05, 0.1) is 21.4 Å². The second-order valence-electron chi connectivity index (χ2n) is 8.82. The minimum Gasteiger partial charge on any atom is -0.329 e. The number of rotatable bonds is 7. The fourth-order valence-corrected chi connectivity index (χ4v) is 3.59. The van der Waals surface area contributed by atoms with Gasteiger partial charge in [-0.3, -0.25) is 9.59 Å². The van der Waals surface area contributed by atoms with E-state index in [-0.39, 0.29) is 23.8 Å². The normalized spacial score (nSPS) is 11.3. The van der Waals surface area contributed by atoms with Gasteiger partial charge < -0.3 is 10.2 Å². The Labute approximate surface area is 204 Å². The smallest absolute Gasteiger partial charge is 0.254 e. The summed E-state index contributed by atoms with van der Waals surface area (Å²) < 4.78 is 1.71. The first-order valence-corrected chi connectivity index (χ1v) is 11.6. The van der Waals surface area contributed by atoms with Gasteiger partial charge in [0.15, 0.2) is 0 Å². The number of para-hydroxylation sites is 1. The first kappa shape index (κ1) is 24.8. The lowest BCUT2D eigenvalue weighted by Gasteiger charge is -2.22. The largest absolute Gasteiger partial charge is 0.329 e. The maximum atomic E-state index is 13.0. The number of hydrogen-bond donors (Lipinski definition) is 1. The highest BCUT2D eigenvalue weighted by Gasteiger charge is 2.23. The Morgan fingerprint density at radius 2 is 1.73 bits per heavy atom. The number of halogens is 2. The molecule has 2 amide bonds. The summed E-state index contributed by atoms with van der Waals surface area (Å²) in [6.07, 6.45) is 0.705. The monoisotopic (exact) mass is 486 g/mol. The SMILES string of the molecule is CCCN(CC(=O)Nc1cc(C(C)(C)C)nn1-c1ccccc1)C(=O)c1ccc(Cl)c(Cl)c1. The number of nitrogens with one attached hydrogen (secondary N) is 1. The summed E-state index contributed by atoms with van der Waals surface area (Å²) in [6, 6.07) is 16.2. The van der Waals surface area contributed by atoms with E-state index in [4.69, 9.17) is 28.3 Å². The van der Waals surface area contributed by atoms with Crippen molar-refractivity contribution in [2.75, 3.05) is 18.4 Å². The Hall–Kier alpha value is -2.83. The van der Waals surface area contributed by atoms with Crippen molar-refractivity contribution in [3.63, 3.8) is 0 Å². The molecule has 2 aromatic carbocycles. The summed E-state index contributed by atoms with van der Waals surface area (Å²) in [4.78, 5) is 27.5. The van der Waals surface area contributed by atoms with Crippen LogP contribution in [0.4, 0.5) is 5.82 Å². The number of hydrogen-bond acceptors (Lipinski definition) is 3. The second-order valence-corrected chi connectivity index (χ2v) is 9.63. The van der Waals surface area contributed by atoms with Crippen LogP contribution in [0, 0.1) is 0 Å². The molecule has 0 fully saturated rings. The zero-order valence-electron chi connectivity index (χ0n) is 19.2. The van der Waals surface area contributed by atoms with Gasteiger partial charge in [-0.05, 0) is 36.8 Å². The molecule has 8 heteroatoms. The molecule has 0 bridgehead atoms. The van der Waals surface area contributed by atoms with Gasteiger partial charge in [0.25, 0.3) is 5.91 Å². The Morgan fingerprint density at radius 3 is 2.33 bits per heavy atom. The number of carbonyl (C=O) groups excluding carboxylic acids is 2. The third-order valence-corrected chi connectivity index (χ3v) is 5.77. The van der Waals surface area contributed by atoms with Crippen LogP contribution >= 0.6 is 23.2 Å². The molecule has 0 aliphatic heterocycles. The lowest BCUT2D eigenvalue weighted by Crippen LogP contribution is -2.38. The standard InChI is InChI=1S/C25H28Cl2N4O2/c1-5-13-30(24(33)17-11-12-19(26)20(27)14-17)16-23(32)28-22-15-21(25(2,3)4)29-31(22)18-9-7-6-8-10-18/h6-12,14-15H,5,13,16H2,1-4H3,(H,28,32). The molecule has 1 heterocycles. The number of aromatic nitrogens is 2. The van der Waals surface area contributed by atoms with E-state index in [2.05, 4.69) is 26.1 Å². The number of anilines is 1. The molecule has 0 aliphatic carbocycles. The summed E-state index contributed by atoms with van der Waals surface area (Å²) in [5.74, 6) is -0.0403. The average molecular weight is 487 g/mol. The molecular weight excluding hydrogens is 459 g/mol. The number of benzene rings is 2. The van der Waals surface area contributed by atoms with Crippen LogP contribution in [0.5, 0.6) is 0 Å². The zero-order chi connectivity index (χ0) is 24.2. The van der Waals surface area contributed by atoms with E-state index in [0.29, 0.717) is 34.4 Å². The summed E-state index contributed by atoms with van der Waals surface area (Å²) in [5, 5.41) is 8.32. The molecule has 1 N–H and O–H groups in total. The van der Waals surface area contributed by atoms with E-state index in [1.165, 1.54) is 11.0 Å². The van der Waals surface area contributed by atoms with Crippen LogP contribution in [0.15, 0.2) is 54.6 Å². The van der Waals surface area contributed by atoms with Crippen LogP contribution in [0.3, 0.4) is 0 Å². The predicted octanol–water partition coefficient (Wildman–Crippen LogP) is 5.97. The van der Waals surface area contributed by atoms with Crippen molar-refractivity contribution in [2.45, 2.75) is 39.5 Å². The maximum absolute atomic E-state index is 13.0. The van der Waals surface area contributed by atoms with Gasteiger partial charge >= 0.3 is 0 Å². The number of nitrogens with zero attached hydrogens (tertiary/aromatic N) is 3. The summed E-state index contributed by atoms with van der Waals surface area (Å²) in [7, 11) is 0. The zero-order valence-corrected chi connectivity index (χ0v) is 20.7. The van der Waals surface area contributed by atoms with Crippen LogP contribution in [0.25, 0.3) is 5.69 Å². The van der Waals surface area contributed by atoms with E-state index in [1.807, 2.05) is 43.3 Å². The van der Waals surface area contributed by atoms with Crippen molar-refractivity contribution < 1.29 is 9.59 Å². The van der Waals surface area contributed by atoms with E-state index in [9.17, 15) is 9.59 Å². The lowest BCUT2D eigenvalue weighted by molar-refractivity contribution is -0.116. The number of amides is 2. The molecular formula is C25H28Cl2N4O2. The van der Waals surface area contributed by atoms with Gasteiger partial charge in [-0.2, -0.15) is 5.10 Å². The summed E-state index contributed by atoms with van der Waals surface area (Å²) >= 11 is 12.0. The molecule has 0 atom stereocenters. The van der Waals surface area contributed by atoms with Crippen molar-refractivity contribution in [3.8, 4) is 5.69 Å². The van der Waals surface area contributed by atoms with Crippen LogP contribution in [-0.4, -0.2) is 39.6 Å². The lowest BCUT2D eigenvalue weighted by atomic mass is 9.92. The Balaban J connectivity index is 1.84. The van der Waals surface area contributed by atoms with Crippen LogP contribution in [-0.2, 0) is 10.2 Å².